The van der Waals surface area contributed by atoms with Crippen LogP contribution in [0.5, 0.6) is 5.75 Å². The first kappa shape index (κ1) is 25.4. The lowest BCUT2D eigenvalue weighted by atomic mass is 10.1. The maximum absolute atomic E-state index is 14.1. The number of hydrogen-bond acceptors (Lipinski definition) is 7. The van der Waals surface area contributed by atoms with E-state index in [1.807, 2.05) is 0 Å². The summed E-state index contributed by atoms with van der Waals surface area (Å²) in [6.07, 6.45) is 0. The van der Waals surface area contributed by atoms with Crippen molar-refractivity contribution in [3.8, 4) is 17.1 Å². The van der Waals surface area contributed by atoms with Crippen molar-refractivity contribution < 1.29 is 26.0 Å². The van der Waals surface area contributed by atoms with Crippen LogP contribution in [0.2, 0.25) is 0 Å². The van der Waals surface area contributed by atoms with E-state index in [1.165, 1.54) is 61.7 Å². The molecule has 7 nitrogen and oxygen atoms in total. The summed E-state index contributed by atoms with van der Waals surface area (Å²) in [5.41, 5.74) is -0.719. The Morgan fingerprint density at radius 3 is 1.68 bits per heavy atom. The number of methoxy groups -OCH3 is 1. The second kappa shape index (κ2) is 9.92. The maximum Gasteiger partial charge on any atom is 0.204 e. The maximum atomic E-state index is 14.1. The largest absolute Gasteiger partial charge is 0.497 e. The number of rotatable bonds is 7. The third-order valence-electron chi connectivity index (χ3n) is 6.13. The molecule has 1 aromatic heterocycles. The number of hydrogen-bond donors (Lipinski definition) is 0. The molecule has 38 heavy (non-hydrogen) atoms. The second-order valence-corrected chi connectivity index (χ2v) is 12.8. The lowest BCUT2D eigenvalue weighted by Gasteiger charge is -2.21. The standard InChI is InChI=1S/C29H22O7S2/c1-35-21-18-16-20(17-19-21)28-26(27(30)24-14-8-9-15-25(24)36-28)29(37(31,32)22-10-4-2-5-11-22)38(33,34)23-12-6-3-7-13-23/h2-19,29H,1H3. The summed E-state index contributed by atoms with van der Waals surface area (Å²) >= 11 is 0. The van der Waals surface area contributed by atoms with Gasteiger partial charge in [0.1, 0.15) is 17.1 Å². The molecule has 0 aliphatic rings. The Morgan fingerprint density at radius 1 is 0.658 bits per heavy atom. The van der Waals surface area contributed by atoms with Crippen LogP contribution in [0.1, 0.15) is 10.1 Å². The van der Waals surface area contributed by atoms with E-state index in [4.69, 9.17) is 9.15 Å². The van der Waals surface area contributed by atoms with Gasteiger partial charge in [0.15, 0.2) is 5.43 Å². The first-order valence-corrected chi connectivity index (χ1v) is 14.6. The van der Waals surface area contributed by atoms with E-state index >= 15 is 0 Å². The average molecular weight is 547 g/mol. The van der Waals surface area contributed by atoms with Gasteiger partial charge in [-0.05, 0) is 60.7 Å². The van der Waals surface area contributed by atoms with Gasteiger partial charge in [-0.3, -0.25) is 4.79 Å². The van der Waals surface area contributed by atoms with Crippen molar-refractivity contribution in [1.29, 1.82) is 0 Å². The van der Waals surface area contributed by atoms with Gasteiger partial charge >= 0.3 is 0 Å². The minimum atomic E-state index is -4.67. The van der Waals surface area contributed by atoms with Crippen LogP contribution in [0.25, 0.3) is 22.3 Å². The molecule has 0 radical (unpaired) electrons. The van der Waals surface area contributed by atoms with Crippen molar-refractivity contribution in [1.82, 2.24) is 0 Å². The predicted octanol–water partition coefficient (Wildman–Crippen LogP) is 5.42. The molecule has 5 rings (SSSR count). The smallest absolute Gasteiger partial charge is 0.204 e. The molecule has 0 saturated carbocycles. The molecular weight excluding hydrogens is 524 g/mol. The fraction of sp³-hybridized carbons (Fsp3) is 0.0690. The fourth-order valence-electron chi connectivity index (χ4n) is 4.27. The minimum Gasteiger partial charge on any atom is -0.497 e. The Labute approximate surface area is 219 Å². The summed E-state index contributed by atoms with van der Waals surface area (Å²) < 4.78 is 65.6. The molecule has 5 aromatic rings. The monoisotopic (exact) mass is 546 g/mol. The summed E-state index contributed by atoms with van der Waals surface area (Å²) in [5.74, 6) is 0.365. The summed E-state index contributed by atoms with van der Waals surface area (Å²) in [7, 11) is -7.84. The molecule has 192 valence electrons. The molecule has 0 aliphatic heterocycles. The highest BCUT2D eigenvalue weighted by Crippen LogP contribution is 2.41. The summed E-state index contributed by atoms with van der Waals surface area (Å²) in [4.78, 5) is 13.6. The molecule has 0 saturated heterocycles. The van der Waals surface area contributed by atoms with Gasteiger partial charge in [-0.1, -0.05) is 48.5 Å². The molecule has 0 amide bonds. The number of benzene rings is 4. The van der Waals surface area contributed by atoms with Crippen molar-refractivity contribution in [3.05, 3.63) is 125 Å². The molecular formula is C29H22O7S2. The highest BCUT2D eigenvalue weighted by atomic mass is 32.3. The number of para-hydroxylation sites is 1. The van der Waals surface area contributed by atoms with Crippen molar-refractivity contribution in [2.75, 3.05) is 7.11 Å². The van der Waals surface area contributed by atoms with Crippen LogP contribution in [0.3, 0.4) is 0 Å². The molecule has 1 heterocycles. The highest BCUT2D eigenvalue weighted by molar-refractivity contribution is 8.08. The van der Waals surface area contributed by atoms with Crippen LogP contribution in [0.15, 0.2) is 128 Å². The Kier molecular flexibility index (Phi) is 6.64. The quantitative estimate of drug-likeness (QED) is 0.268. The molecule has 0 fully saturated rings. The summed E-state index contributed by atoms with van der Waals surface area (Å²) in [6, 6.07) is 27.1. The van der Waals surface area contributed by atoms with Crippen LogP contribution in [-0.2, 0) is 19.7 Å². The van der Waals surface area contributed by atoms with Gasteiger partial charge in [0.2, 0.25) is 24.3 Å². The topological polar surface area (TPSA) is 108 Å². The lowest BCUT2D eigenvalue weighted by molar-refractivity contribution is 0.415. The molecule has 0 aliphatic carbocycles. The van der Waals surface area contributed by atoms with E-state index in [9.17, 15) is 21.6 Å². The number of ether oxygens (including phenoxy) is 1. The zero-order chi connectivity index (χ0) is 26.9. The van der Waals surface area contributed by atoms with E-state index in [1.54, 1.807) is 54.6 Å². The molecule has 0 atom stereocenters. The van der Waals surface area contributed by atoms with Crippen LogP contribution in [0, 0.1) is 0 Å². The second-order valence-electron chi connectivity index (χ2n) is 8.45. The van der Waals surface area contributed by atoms with E-state index < -0.39 is 35.2 Å². The van der Waals surface area contributed by atoms with Crippen LogP contribution in [0.4, 0.5) is 0 Å². The summed E-state index contributed by atoms with van der Waals surface area (Å²) in [6.45, 7) is 0. The Hall–Kier alpha value is -4.21. The highest BCUT2D eigenvalue weighted by Gasteiger charge is 2.45. The first-order valence-electron chi connectivity index (χ1n) is 11.5. The van der Waals surface area contributed by atoms with Gasteiger partial charge in [-0.15, -0.1) is 0 Å². The van der Waals surface area contributed by atoms with Crippen molar-refractivity contribution >= 4 is 30.6 Å². The average Bonchev–Trinajstić information content (AvgIpc) is 2.95. The van der Waals surface area contributed by atoms with E-state index in [0.29, 0.717) is 11.3 Å². The molecule has 4 aromatic carbocycles. The minimum absolute atomic E-state index is 0.0660. The van der Waals surface area contributed by atoms with Gasteiger partial charge in [0.05, 0.1) is 27.9 Å². The van der Waals surface area contributed by atoms with Gasteiger partial charge < -0.3 is 9.15 Å². The lowest BCUT2D eigenvalue weighted by Crippen LogP contribution is -2.29. The van der Waals surface area contributed by atoms with Crippen LogP contribution >= 0.6 is 0 Å². The normalized spacial score (nSPS) is 12.1. The van der Waals surface area contributed by atoms with Crippen molar-refractivity contribution in [3.63, 3.8) is 0 Å². The first-order chi connectivity index (χ1) is 18.2. The summed E-state index contributed by atoms with van der Waals surface area (Å²) in [5, 5.41) is 0.0660. The third kappa shape index (κ3) is 4.40. The van der Waals surface area contributed by atoms with Crippen molar-refractivity contribution in [2.45, 2.75) is 14.4 Å². The number of sulfone groups is 2. The molecule has 0 spiro atoms. The Bertz CT molecular complexity index is 1810. The zero-order valence-electron chi connectivity index (χ0n) is 20.1. The van der Waals surface area contributed by atoms with Crippen molar-refractivity contribution in [2.24, 2.45) is 0 Å². The Balaban J connectivity index is 1.92. The molecule has 0 unspecified atom stereocenters. The van der Waals surface area contributed by atoms with E-state index in [0.717, 1.165) is 0 Å². The predicted molar refractivity (Wildman–Crippen MR) is 144 cm³/mol. The SMILES string of the molecule is COc1ccc(-c2oc3ccccc3c(=O)c2C(S(=O)(=O)c2ccccc2)S(=O)(=O)c2ccccc2)cc1. The Morgan fingerprint density at radius 2 is 1.16 bits per heavy atom. The van der Waals surface area contributed by atoms with Gasteiger partial charge in [-0.25, -0.2) is 16.8 Å². The fourth-order valence-corrected chi connectivity index (χ4v) is 8.89. The van der Waals surface area contributed by atoms with Crippen LogP contribution in [-0.4, -0.2) is 23.9 Å². The van der Waals surface area contributed by atoms with Gasteiger partial charge in [-0.2, -0.15) is 0 Å². The van der Waals surface area contributed by atoms with Gasteiger partial charge in [0.25, 0.3) is 0 Å². The van der Waals surface area contributed by atoms with E-state index in [2.05, 4.69) is 0 Å². The molecule has 0 bridgehead atoms. The third-order valence-corrected chi connectivity index (χ3v) is 11.1. The van der Waals surface area contributed by atoms with Crippen LogP contribution < -0.4 is 10.2 Å². The molecule has 9 heteroatoms. The zero-order valence-corrected chi connectivity index (χ0v) is 21.8. The molecule has 0 N–H and O–H groups in total. The van der Waals surface area contributed by atoms with Gasteiger partial charge in [0, 0.05) is 5.56 Å². The number of fused-ring (bicyclic) bond motifs is 1. The van der Waals surface area contributed by atoms with E-state index in [-0.39, 0.29) is 26.5 Å².